The topological polar surface area (TPSA) is 79.8 Å². The van der Waals surface area contributed by atoms with Gasteiger partial charge in [0.15, 0.2) is 0 Å². The molecule has 2 aromatic carbocycles. The average molecular weight is 501 g/mol. The lowest BCUT2D eigenvalue weighted by atomic mass is 10.0. The lowest BCUT2D eigenvalue weighted by Crippen LogP contribution is -2.48. The number of hydrogen-bond donors (Lipinski definition) is 2. The summed E-state index contributed by atoms with van der Waals surface area (Å²) in [5, 5.41) is 7.29. The molecule has 2 rings (SSSR count). The van der Waals surface area contributed by atoms with Gasteiger partial charge in [-0.25, -0.2) is 5.43 Å². The van der Waals surface area contributed by atoms with Gasteiger partial charge in [-0.2, -0.15) is 5.10 Å². The van der Waals surface area contributed by atoms with E-state index in [-0.39, 0.29) is 10.9 Å². The third kappa shape index (κ3) is 6.45. The number of hydrogen-bond acceptors (Lipinski definition) is 4. The maximum Gasteiger partial charge on any atom is 0.262 e. The van der Waals surface area contributed by atoms with Crippen molar-refractivity contribution in [3.8, 4) is 5.75 Å². The number of nitrogens with zero attached hydrogens (tertiary/aromatic N) is 1. The zero-order valence-electron chi connectivity index (χ0n) is 16.0. The van der Waals surface area contributed by atoms with Gasteiger partial charge in [-0.3, -0.25) is 9.59 Å². The van der Waals surface area contributed by atoms with E-state index >= 15 is 0 Å². The largest absolute Gasteiger partial charge is 0.496 e. The molecule has 0 saturated carbocycles. The van der Waals surface area contributed by atoms with Crippen LogP contribution in [0.25, 0.3) is 0 Å². The van der Waals surface area contributed by atoms with E-state index in [2.05, 4.69) is 31.8 Å². The van der Waals surface area contributed by atoms with E-state index < -0.39 is 17.9 Å². The fourth-order valence-corrected chi connectivity index (χ4v) is 3.11. The minimum absolute atomic E-state index is 0.169. The van der Waals surface area contributed by atoms with Crippen LogP contribution in [0.15, 0.2) is 46.0 Å². The summed E-state index contributed by atoms with van der Waals surface area (Å²) in [6.07, 6.45) is 1.47. The highest BCUT2D eigenvalue weighted by Gasteiger charge is 2.24. The fourth-order valence-electron chi connectivity index (χ4n) is 2.44. The number of hydrazone groups is 1. The number of methoxy groups -OCH3 is 1. The molecule has 6 nitrogen and oxygen atoms in total. The van der Waals surface area contributed by atoms with E-state index in [0.717, 1.165) is 4.47 Å². The van der Waals surface area contributed by atoms with Gasteiger partial charge in [-0.1, -0.05) is 53.0 Å². The normalized spacial score (nSPS) is 12.1. The molecule has 0 aliphatic carbocycles. The Morgan fingerprint density at radius 1 is 1.14 bits per heavy atom. The van der Waals surface area contributed by atoms with E-state index in [4.69, 9.17) is 27.9 Å². The van der Waals surface area contributed by atoms with Gasteiger partial charge in [-0.15, -0.1) is 0 Å². The van der Waals surface area contributed by atoms with Crippen molar-refractivity contribution >= 4 is 57.2 Å². The van der Waals surface area contributed by atoms with Crippen LogP contribution in [0.3, 0.4) is 0 Å². The number of halogens is 3. The van der Waals surface area contributed by atoms with Crippen LogP contribution < -0.4 is 15.5 Å². The molecule has 0 aliphatic rings. The van der Waals surface area contributed by atoms with E-state index in [1.807, 2.05) is 19.9 Å². The van der Waals surface area contributed by atoms with Crippen molar-refractivity contribution in [2.45, 2.75) is 19.9 Å². The maximum atomic E-state index is 12.6. The number of nitrogens with one attached hydrogen (secondary N) is 2. The average Bonchev–Trinajstić information content (AvgIpc) is 2.67. The number of amides is 2. The molecular weight excluding hydrogens is 481 g/mol. The lowest BCUT2D eigenvalue weighted by Gasteiger charge is -2.20. The van der Waals surface area contributed by atoms with Crippen molar-refractivity contribution in [1.29, 1.82) is 0 Å². The molecule has 0 bridgehead atoms. The molecule has 0 radical (unpaired) electrons. The maximum absolute atomic E-state index is 12.6. The van der Waals surface area contributed by atoms with Crippen LogP contribution in [0.1, 0.15) is 29.8 Å². The molecule has 2 aromatic rings. The Morgan fingerprint density at radius 3 is 2.48 bits per heavy atom. The summed E-state index contributed by atoms with van der Waals surface area (Å²) in [5.41, 5.74) is 3.45. The van der Waals surface area contributed by atoms with Crippen LogP contribution in [0.4, 0.5) is 0 Å². The first kappa shape index (κ1) is 23.2. The summed E-state index contributed by atoms with van der Waals surface area (Å²) in [4.78, 5) is 25.0. The highest BCUT2D eigenvalue weighted by Crippen LogP contribution is 2.23. The zero-order valence-corrected chi connectivity index (χ0v) is 19.1. The van der Waals surface area contributed by atoms with Gasteiger partial charge in [0.2, 0.25) is 0 Å². The summed E-state index contributed by atoms with van der Waals surface area (Å²) in [5.74, 6) is -0.439. The minimum Gasteiger partial charge on any atom is -0.496 e. The monoisotopic (exact) mass is 499 g/mol. The van der Waals surface area contributed by atoms with Crippen molar-refractivity contribution in [3.63, 3.8) is 0 Å². The molecule has 0 aliphatic heterocycles. The molecule has 2 amide bonds. The number of carbonyl (C=O) groups excluding carboxylic acids is 2. The van der Waals surface area contributed by atoms with Gasteiger partial charge >= 0.3 is 0 Å². The highest BCUT2D eigenvalue weighted by atomic mass is 79.9. The standard InChI is InChI=1S/C20H20BrCl2N3O3/c1-11(2)18(25-19(27)12-4-6-15(22)16(23)9-12)20(28)26-24-10-13-8-14(21)5-7-17(13)29-3/h4-11,18H,1-3H3,(H,25,27)(H,26,28). The predicted octanol–water partition coefficient (Wildman–Crippen LogP) is 4.67. The third-order valence-electron chi connectivity index (χ3n) is 3.99. The molecule has 1 unspecified atom stereocenters. The first-order valence-electron chi connectivity index (χ1n) is 8.65. The van der Waals surface area contributed by atoms with Crippen molar-refractivity contribution < 1.29 is 14.3 Å². The molecule has 29 heavy (non-hydrogen) atoms. The first-order valence-corrected chi connectivity index (χ1v) is 10.2. The Labute approximate surface area is 187 Å². The van der Waals surface area contributed by atoms with E-state index in [9.17, 15) is 9.59 Å². The molecule has 9 heteroatoms. The quantitative estimate of drug-likeness (QED) is 0.428. The molecule has 0 saturated heterocycles. The van der Waals surface area contributed by atoms with Gasteiger partial charge in [0.25, 0.3) is 11.8 Å². The molecule has 154 valence electrons. The molecule has 0 aromatic heterocycles. The summed E-state index contributed by atoms with van der Waals surface area (Å²) in [6.45, 7) is 3.64. The number of rotatable bonds is 7. The second-order valence-electron chi connectivity index (χ2n) is 6.44. The van der Waals surface area contributed by atoms with Crippen molar-refractivity contribution in [2.24, 2.45) is 11.0 Å². The van der Waals surface area contributed by atoms with Gasteiger partial charge in [0.05, 0.1) is 23.4 Å². The SMILES string of the molecule is COc1ccc(Br)cc1C=NNC(=O)C(NC(=O)c1ccc(Cl)c(Cl)c1)C(C)C. The first-order chi connectivity index (χ1) is 13.7. The number of ether oxygens (including phenoxy) is 1. The molecule has 2 N–H and O–H groups in total. The van der Waals surface area contributed by atoms with Crippen molar-refractivity contribution in [3.05, 3.63) is 62.0 Å². The summed E-state index contributed by atoms with van der Waals surface area (Å²) in [7, 11) is 1.55. The zero-order chi connectivity index (χ0) is 21.6. The number of benzene rings is 2. The van der Waals surface area contributed by atoms with Gasteiger partial charge in [-0.05, 0) is 42.3 Å². The van der Waals surface area contributed by atoms with Crippen LogP contribution >= 0.6 is 39.1 Å². The van der Waals surface area contributed by atoms with Gasteiger partial charge in [0.1, 0.15) is 11.8 Å². The van der Waals surface area contributed by atoms with Crippen molar-refractivity contribution in [2.75, 3.05) is 7.11 Å². The smallest absolute Gasteiger partial charge is 0.262 e. The van der Waals surface area contributed by atoms with E-state index in [0.29, 0.717) is 21.9 Å². The van der Waals surface area contributed by atoms with Crippen LogP contribution in [-0.4, -0.2) is 31.2 Å². The molecular formula is C20H20BrCl2N3O3. The predicted molar refractivity (Wildman–Crippen MR) is 119 cm³/mol. The third-order valence-corrected chi connectivity index (χ3v) is 5.22. The summed E-state index contributed by atoms with van der Waals surface area (Å²) >= 11 is 15.2. The molecule has 0 spiro atoms. The summed E-state index contributed by atoms with van der Waals surface area (Å²) in [6, 6.07) is 9.14. The minimum atomic E-state index is -0.793. The molecule has 0 heterocycles. The highest BCUT2D eigenvalue weighted by molar-refractivity contribution is 9.10. The Hall–Kier alpha value is -2.09. The Bertz CT molecular complexity index is 935. The summed E-state index contributed by atoms with van der Waals surface area (Å²) < 4.78 is 6.11. The van der Waals surface area contributed by atoms with Crippen LogP contribution in [0.5, 0.6) is 5.75 Å². The second-order valence-corrected chi connectivity index (χ2v) is 8.17. The Morgan fingerprint density at radius 2 is 1.86 bits per heavy atom. The Kier molecular flexibility index (Phi) is 8.49. The van der Waals surface area contributed by atoms with Crippen LogP contribution in [0.2, 0.25) is 10.0 Å². The van der Waals surface area contributed by atoms with Gasteiger partial charge < -0.3 is 10.1 Å². The second kappa shape index (κ2) is 10.6. The van der Waals surface area contributed by atoms with Crippen LogP contribution in [0, 0.1) is 5.92 Å². The van der Waals surface area contributed by atoms with Crippen LogP contribution in [-0.2, 0) is 4.79 Å². The van der Waals surface area contributed by atoms with E-state index in [1.165, 1.54) is 24.4 Å². The Balaban J connectivity index is 2.08. The lowest BCUT2D eigenvalue weighted by molar-refractivity contribution is -0.123. The molecule has 0 fully saturated rings. The fraction of sp³-hybridized carbons (Fsp3) is 0.250. The molecule has 1 atom stereocenters. The van der Waals surface area contributed by atoms with Crippen molar-refractivity contribution in [1.82, 2.24) is 10.7 Å². The van der Waals surface area contributed by atoms with Gasteiger partial charge in [0, 0.05) is 15.6 Å². The number of carbonyl (C=O) groups is 2. The van der Waals surface area contributed by atoms with E-state index in [1.54, 1.807) is 19.2 Å².